The van der Waals surface area contributed by atoms with Gasteiger partial charge < -0.3 is 10.2 Å². The lowest BCUT2D eigenvalue weighted by Crippen LogP contribution is -2.25. The Labute approximate surface area is 236 Å². The molecule has 1 amide bonds. The zero-order chi connectivity index (χ0) is 27.9. The molecule has 5 aromatic rings. The Hall–Kier alpha value is -4.63. The third-order valence-corrected chi connectivity index (χ3v) is 6.50. The third kappa shape index (κ3) is 6.50. The summed E-state index contributed by atoms with van der Waals surface area (Å²) < 4.78 is 14.3. The molecule has 5 rings (SSSR count). The van der Waals surface area contributed by atoms with Crippen LogP contribution < -0.4 is 10.2 Å². The predicted molar refractivity (Wildman–Crippen MR) is 154 cm³/mol. The molecule has 3 aromatic carbocycles. The standard InChI is InChI=1S/C30H27ClFN7O/c1-2-14-39(19-20-8-4-3-5-9-20)28-16-21(17-29(40)34-26-13-12-22(31)18-25(26)32)15-27(33-28)23-10-6-7-11-24(23)30-35-37-38-36-30/h3-13,15-16,18H,2,14,17,19H2,1H3,(H,34,40)(H,35,36,37,38). The molecule has 0 aliphatic rings. The maximum absolute atomic E-state index is 14.3. The molecule has 2 N–H and O–H groups in total. The molecule has 0 aliphatic heterocycles. The van der Waals surface area contributed by atoms with Gasteiger partial charge in [-0.3, -0.25) is 4.79 Å². The fourth-order valence-electron chi connectivity index (χ4n) is 4.47. The highest BCUT2D eigenvalue weighted by Gasteiger charge is 2.18. The van der Waals surface area contributed by atoms with Gasteiger partial charge in [0.1, 0.15) is 11.6 Å². The number of amides is 1. The van der Waals surface area contributed by atoms with Gasteiger partial charge in [0, 0.05) is 29.2 Å². The predicted octanol–water partition coefficient (Wildman–Crippen LogP) is 6.32. The minimum atomic E-state index is -0.594. The number of rotatable bonds is 10. The highest BCUT2D eigenvalue weighted by Crippen LogP contribution is 2.31. The number of hydrogen-bond acceptors (Lipinski definition) is 6. The number of pyridine rings is 1. The molecule has 0 bridgehead atoms. The van der Waals surface area contributed by atoms with Gasteiger partial charge in [-0.1, -0.05) is 73.1 Å². The normalized spacial score (nSPS) is 10.9. The Morgan fingerprint density at radius 1 is 0.975 bits per heavy atom. The van der Waals surface area contributed by atoms with E-state index in [1.807, 2.05) is 54.6 Å². The number of aromatic nitrogens is 5. The van der Waals surface area contributed by atoms with Crippen molar-refractivity contribution in [3.05, 3.63) is 107 Å². The number of halogens is 2. The maximum Gasteiger partial charge on any atom is 0.228 e. The summed E-state index contributed by atoms with van der Waals surface area (Å²) in [6.07, 6.45) is 0.921. The van der Waals surface area contributed by atoms with Crippen molar-refractivity contribution in [3.8, 4) is 22.6 Å². The second-order valence-electron chi connectivity index (χ2n) is 9.26. The smallest absolute Gasteiger partial charge is 0.228 e. The number of aromatic amines is 1. The monoisotopic (exact) mass is 555 g/mol. The lowest BCUT2D eigenvalue weighted by atomic mass is 10.0. The molecule has 8 nitrogen and oxygen atoms in total. The van der Waals surface area contributed by atoms with E-state index in [9.17, 15) is 9.18 Å². The minimum Gasteiger partial charge on any atom is -0.352 e. The molecule has 2 aromatic heterocycles. The molecule has 10 heteroatoms. The number of nitrogens with zero attached hydrogens (tertiary/aromatic N) is 5. The van der Waals surface area contributed by atoms with Crippen molar-refractivity contribution in [1.29, 1.82) is 0 Å². The molecule has 40 heavy (non-hydrogen) atoms. The van der Waals surface area contributed by atoms with E-state index in [2.05, 4.69) is 49.9 Å². The van der Waals surface area contributed by atoms with E-state index in [1.165, 1.54) is 18.2 Å². The Bertz CT molecular complexity index is 1600. The van der Waals surface area contributed by atoms with E-state index < -0.39 is 5.82 Å². The van der Waals surface area contributed by atoms with Crippen molar-refractivity contribution in [2.24, 2.45) is 0 Å². The topological polar surface area (TPSA) is 99.7 Å². The quantitative estimate of drug-likeness (QED) is 0.209. The molecule has 0 spiro atoms. The molecular weight excluding hydrogens is 529 g/mol. The van der Waals surface area contributed by atoms with Crippen LogP contribution in [0.5, 0.6) is 0 Å². The highest BCUT2D eigenvalue weighted by atomic mass is 35.5. The molecular formula is C30H27ClFN7O. The van der Waals surface area contributed by atoms with Gasteiger partial charge >= 0.3 is 0 Å². The Morgan fingerprint density at radius 2 is 1.75 bits per heavy atom. The number of hydrogen-bond donors (Lipinski definition) is 2. The van der Waals surface area contributed by atoms with Gasteiger partial charge in [-0.15, -0.1) is 10.2 Å². The first-order valence-corrected chi connectivity index (χ1v) is 13.3. The first kappa shape index (κ1) is 27.0. The Kier molecular flexibility index (Phi) is 8.41. The SMILES string of the molecule is CCCN(Cc1ccccc1)c1cc(CC(=O)Nc2ccc(Cl)cc2F)cc(-c2ccccc2-c2nn[nH]n2)n1. The van der Waals surface area contributed by atoms with Gasteiger partial charge in [0.2, 0.25) is 11.7 Å². The first-order chi connectivity index (χ1) is 19.5. The molecule has 202 valence electrons. The van der Waals surface area contributed by atoms with Crippen LogP contribution in [-0.2, 0) is 17.8 Å². The minimum absolute atomic E-state index is 0.0142. The molecule has 0 unspecified atom stereocenters. The highest BCUT2D eigenvalue weighted by molar-refractivity contribution is 6.30. The van der Waals surface area contributed by atoms with Crippen molar-refractivity contribution >= 4 is 29.0 Å². The fourth-order valence-corrected chi connectivity index (χ4v) is 4.63. The van der Waals surface area contributed by atoms with Gasteiger partial charge in [0.05, 0.1) is 17.8 Å². The number of anilines is 2. The van der Waals surface area contributed by atoms with Gasteiger partial charge in [0.25, 0.3) is 0 Å². The van der Waals surface area contributed by atoms with Crippen LogP contribution in [0, 0.1) is 5.82 Å². The number of tetrazole rings is 1. The van der Waals surface area contributed by atoms with Crippen molar-refractivity contribution in [2.75, 3.05) is 16.8 Å². The molecule has 0 saturated carbocycles. The van der Waals surface area contributed by atoms with Crippen molar-refractivity contribution < 1.29 is 9.18 Å². The summed E-state index contributed by atoms with van der Waals surface area (Å²) in [5.74, 6) is 0.213. The summed E-state index contributed by atoms with van der Waals surface area (Å²) >= 11 is 5.86. The number of benzene rings is 3. The van der Waals surface area contributed by atoms with Crippen LogP contribution in [0.3, 0.4) is 0 Å². The average molecular weight is 556 g/mol. The zero-order valence-corrected chi connectivity index (χ0v) is 22.6. The van der Waals surface area contributed by atoms with E-state index in [-0.39, 0.29) is 23.0 Å². The van der Waals surface area contributed by atoms with E-state index in [0.29, 0.717) is 18.1 Å². The van der Waals surface area contributed by atoms with Gasteiger partial charge in [0.15, 0.2) is 0 Å². The number of H-pyrrole nitrogens is 1. The van der Waals surface area contributed by atoms with Crippen molar-refractivity contribution in [2.45, 2.75) is 26.3 Å². The lowest BCUT2D eigenvalue weighted by molar-refractivity contribution is -0.115. The van der Waals surface area contributed by atoms with E-state index in [0.717, 1.165) is 41.0 Å². The van der Waals surface area contributed by atoms with Crippen molar-refractivity contribution in [3.63, 3.8) is 0 Å². The summed E-state index contributed by atoms with van der Waals surface area (Å²) in [4.78, 5) is 20.3. The first-order valence-electron chi connectivity index (χ1n) is 12.9. The summed E-state index contributed by atoms with van der Waals surface area (Å²) in [5.41, 5.74) is 4.16. The summed E-state index contributed by atoms with van der Waals surface area (Å²) in [7, 11) is 0. The van der Waals surface area contributed by atoms with Crippen LogP contribution in [0.25, 0.3) is 22.6 Å². The van der Waals surface area contributed by atoms with Crippen LogP contribution >= 0.6 is 11.6 Å². The molecule has 0 aliphatic carbocycles. The van der Waals surface area contributed by atoms with Crippen LogP contribution in [0.1, 0.15) is 24.5 Å². The molecule has 0 saturated heterocycles. The maximum atomic E-state index is 14.3. The van der Waals surface area contributed by atoms with Gasteiger partial charge in [-0.25, -0.2) is 9.37 Å². The lowest BCUT2D eigenvalue weighted by Gasteiger charge is -2.25. The molecule has 0 radical (unpaired) electrons. The Morgan fingerprint density at radius 3 is 2.48 bits per heavy atom. The summed E-state index contributed by atoms with van der Waals surface area (Å²) in [6, 6.07) is 25.7. The van der Waals surface area contributed by atoms with E-state index in [1.54, 1.807) is 0 Å². The molecule has 2 heterocycles. The molecule has 0 atom stereocenters. The largest absolute Gasteiger partial charge is 0.352 e. The van der Waals surface area contributed by atoms with E-state index >= 15 is 0 Å². The zero-order valence-electron chi connectivity index (χ0n) is 21.8. The summed E-state index contributed by atoms with van der Waals surface area (Å²) in [5, 5.41) is 17.4. The molecule has 0 fully saturated rings. The average Bonchev–Trinajstić information content (AvgIpc) is 3.50. The van der Waals surface area contributed by atoms with Crippen LogP contribution in [0.15, 0.2) is 84.9 Å². The van der Waals surface area contributed by atoms with Gasteiger partial charge in [-0.2, -0.15) is 5.21 Å². The van der Waals surface area contributed by atoms with Crippen LogP contribution in [0.4, 0.5) is 15.9 Å². The van der Waals surface area contributed by atoms with Crippen molar-refractivity contribution in [1.82, 2.24) is 25.6 Å². The Balaban J connectivity index is 1.54. The van der Waals surface area contributed by atoms with Gasteiger partial charge in [-0.05, 0) is 53.1 Å². The van der Waals surface area contributed by atoms with Crippen LogP contribution in [-0.4, -0.2) is 38.1 Å². The number of carbonyl (C=O) groups excluding carboxylic acids is 1. The summed E-state index contributed by atoms with van der Waals surface area (Å²) in [6.45, 7) is 3.53. The second-order valence-corrected chi connectivity index (χ2v) is 9.69. The van der Waals surface area contributed by atoms with Crippen LogP contribution in [0.2, 0.25) is 5.02 Å². The number of carbonyl (C=O) groups is 1. The third-order valence-electron chi connectivity index (χ3n) is 6.26. The fraction of sp³-hybridized carbons (Fsp3) is 0.167. The van der Waals surface area contributed by atoms with E-state index in [4.69, 9.17) is 16.6 Å². The second kappa shape index (κ2) is 12.5. The number of nitrogens with one attached hydrogen (secondary N) is 2.